The van der Waals surface area contributed by atoms with Crippen molar-refractivity contribution in [3.63, 3.8) is 0 Å². The number of benzene rings is 4. The maximum Gasteiger partial charge on any atom is 0.151 e. The normalized spacial score (nSPS) is 19.1. The monoisotopic (exact) mass is 587 g/mol. The summed E-state index contributed by atoms with van der Waals surface area (Å²) in [5, 5.41) is 7.23. The number of para-hydroxylation sites is 1. The van der Waals surface area contributed by atoms with Gasteiger partial charge in [-0.15, -0.1) is 0 Å². The van der Waals surface area contributed by atoms with Gasteiger partial charge in [0.1, 0.15) is 18.0 Å². The maximum absolute atomic E-state index is 5.62. The van der Waals surface area contributed by atoms with Crippen molar-refractivity contribution >= 4 is 38.7 Å². The third-order valence-electron chi connectivity index (χ3n) is 8.84. The van der Waals surface area contributed by atoms with E-state index in [0.29, 0.717) is 0 Å². The van der Waals surface area contributed by atoms with Crippen molar-refractivity contribution in [3.05, 3.63) is 162 Å². The van der Waals surface area contributed by atoms with Crippen LogP contribution in [-0.4, -0.2) is 22.8 Å². The summed E-state index contributed by atoms with van der Waals surface area (Å²) in [4.78, 5) is 12.9. The van der Waals surface area contributed by atoms with E-state index in [0.717, 1.165) is 57.4 Å². The lowest BCUT2D eigenvalue weighted by Gasteiger charge is -2.39. The SMILES string of the molecule is C/C(=C\C=C/N)c1cccc(C2N=C(c3nc4ccccc4c4ccccc34)NC(c3cccc(C4=CC=CCC4)c3)N2C)c1. The molecule has 222 valence electrons. The van der Waals surface area contributed by atoms with Gasteiger partial charge in [-0.1, -0.05) is 103 Å². The number of nitrogens with two attached hydrogens (primary N) is 1. The third kappa shape index (κ3) is 5.59. The Labute approximate surface area is 264 Å². The Bertz CT molecular complexity index is 2050. The molecule has 0 bridgehead atoms. The highest BCUT2D eigenvalue weighted by Crippen LogP contribution is 2.37. The number of fused-ring (bicyclic) bond motifs is 3. The van der Waals surface area contributed by atoms with Crippen molar-refractivity contribution in [2.75, 3.05) is 7.05 Å². The number of aromatic nitrogens is 1. The molecule has 0 amide bonds. The predicted molar refractivity (Wildman–Crippen MR) is 188 cm³/mol. The molecule has 5 aromatic rings. The van der Waals surface area contributed by atoms with Crippen LogP contribution in [0.3, 0.4) is 0 Å². The smallest absolute Gasteiger partial charge is 0.151 e. The van der Waals surface area contributed by atoms with E-state index in [1.54, 1.807) is 6.20 Å². The van der Waals surface area contributed by atoms with Crippen LogP contribution in [0.2, 0.25) is 0 Å². The summed E-state index contributed by atoms with van der Waals surface area (Å²) >= 11 is 0. The number of hydrogen-bond donors (Lipinski definition) is 2. The van der Waals surface area contributed by atoms with E-state index in [1.165, 1.54) is 22.1 Å². The number of aliphatic imine (C=N–C) groups is 1. The zero-order valence-electron chi connectivity index (χ0n) is 25.7. The number of amidine groups is 1. The summed E-state index contributed by atoms with van der Waals surface area (Å²) in [6.45, 7) is 2.11. The first-order valence-electron chi connectivity index (χ1n) is 15.6. The predicted octanol–water partition coefficient (Wildman–Crippen LogP) is 8.68. The van der Waals surface area contributed by atoms with Gasteiger partial charge in [-0.25, -0.2) is 9.98 Å². The molecule has 4 aromatic carbocycles. The van der Waals surface area contributed by atoms with E-state index in [2.05, 4.69) is 133 Å². The van der Waals surface area contributed by atoms with Gasteiger partial charge < -0.3 is 11.1 Å². The first-order chi connectivity index (χ1) is 22.1. The molecule has 0 spiro atoms. The molecule has 0 radical (unpaired) electrons. The molecular weight excluding hydrogens is 550 g/mol. The van der Waals surface area contributed by atoms with Crippen LogP contribution in [0, 0.1) is 0 Å². The topological polar surface area (TPSA) is 66.5 Å². The van der Waals surface area contributed by atoms with Crippen molar-refractivity contribution in [1.29, 1.82) is 0 Å². The number of allylic oxidation sites excluding steroid dienone is 7. The summed E-state index contributed by atoms with van der Waals surface area (Å²) in [5.41, 5.74) is 14.7. The molecule has 2 heterocycles. The molecule has 1 aliphatic heterocycles. The van der Waals surface area contributed by atoms with Crippen LogP contribution in [0.25, 0.3) is 32.8 Å². The Morgan fingerprint density at radius 1 is 0.889 bits per heavy atom. The third-order valence-corrected chi connectivity index (χ3v) is 8.84. The van der Waals surface area contributed by atoms with Crippen molar-refractivity contribution < 1.29 is 0 Å². The Hall–Kier alpha value is -5.26. The number of hydrogen-bond acceptors (Lipinski definition) is 5. The fourth-order valence-corrected chi connectivity index (χ4v) is 6.46. The Morgan fingerprint density at radius 3 is 2.49 bits per heavy atom. The Morgan fingerprint density at radius 2 is 1.67 bits per heavy atom. The molecule has 1 aliphatic carbocycles. The van der Waals surface area contributed by atoms with Crippen LogP contribution in [0.4, 0.5) is 0 Å². The van der Waals surface area contributed by atoms with E-state index in [4.69, 9.17) is 15.7 Å². The largest absolute Gasteiger partial charge is 0.405 e. The van der Waals surface area contributed by atoms with Crippen LogP contribution in [0.5, 0.6) is 0 Å². The standard InChI is InChI=1S/C40H37N5/c1-27(13-12-24-41)29-16-10-18-31(25-29)39-43-38(37-35-22-7-6-20-33(35)34-21-8-9-23-36(34)42-37)44-40(45(39)2)32-19-11-17-30(26-32)28-14-4-3-5-15-28/h3-4,6-14,16-26,39-40H,5,15,41H2,1-2H3,(H,43,44)/b24-12-,27-13+. The molecule has 2 unspecified atom stereocenters. The molecule has 5 nitrogen and oxygen atoms in total. The average molecular weight is 588 g/mol. The summed E-state index contributed by atoms with van der Waals surface area (Å²) in [7, 11) is 2.15. The summed E-state index contributed by atoms with van der Waals surface area (Å²) in [6, 6.07) is 34.4. The number of pyridine rings is 1. The van der Waals surface area contributed by atoms with E-state index in [1.807, 2.05) is 18.2 Å². The van der Waals surface area contributed by atoms with Gasteiger partial charge in [-0.05, 0) is 96.1 Å². The Kier molecular flexibility index (Phi) is 7.85. The lowest BCUT2D eigenvalue weighted by molar-refractivity contribution is 0.152. The van der Waals surface area contributed by atoms with Crippen molar-refractivity contribution in [2.45, 2.75) is 32.1 Å². The molecule has 0 saturated carbocycles. The zero-order valence-corrected chi connectivity index (χ0v) is 25.7. The first kappa shape index (κ1) is 28.5. The molecule has 45 heavy (non-hydrogen) atoms. The number of nitrogens with zero attached hydrogens (tertiary/aromatic N) is 3. The fraction of sp³-hybridized carbons (Fsp3) is 0.150. The highest BCUT2D eigenvalue weighted by Gasteiger charge is 2.33. The van der Waals surface area contributed by atoms with E-state index in [-0.39, 0.29) is 12.3 Å². The minimum absolute atomic E-state index is 0.130. The highest BCUT2D eigenvalue weighted by atomic mass is 15.4. The molecule has 2 atom stereocenters. The molecule has 5 heteroatoms. The number of nitrogens with one attached hydrogen (secondary N) is 1. The summed E-state index contributed by atoms with van der Waals surface area (Å²) in [5.74, 6) is 0.791. The van der Waals surface area contributed by atoms with Crippen LogP contribution >= 0.6 is 0 Å². The van der Waals surface area contributed by atoms with Gasteiger partial charge in [0, 0.05) is 10.8 Å². The van der Waals surface area contributed by atoms with Crippen molar-refractivity contribution in [1.82, 2.24) is 15.2 Å². The van der Waals surface area contributed by atoms with Gasteiger partial charge in [0.25, 0.3) is 0 Å². The van der Waals surface area contributed by atoms with Crippen LogP contribution < -0.4 is 11.1 Å². The van der Waals surface area contributed by atoms with Gasteiger partial charge in [0.05, 0.1) is 5.52 Å². The second-order valence-corrected chi connectivity index (χ2v) is 11.7. The lowest BCUT2D eigenvalue weighted by Crippen LogP contribution is -2.46. The maximum atomic E-state index is 5.62. The molecule has 0 saturated heterocycles. The molecule has 7 rings (SSSR count). The van der Waals surface area contributed by atoms with Gasteiger partial charge in [0.15, 0.2) is 5.84 Å². The highest BCUT2D eigenvalue weighted by molar-refractivity contribution is 6.16. The van der Waals surface area contributed by atoms with Crippen molar-refractivity contribution in [2.24, 2.45) is 10.7 Å². The van der Waals surface area contributed by atoms with Crippen LogP contribution in [0.15, 0.2) is 139 Å². The second kappa shape index (κ2) is 12.4. The minimum atomic E-state index is -0.239. The van der Waals surface area contributed by atoms with E-state index in [9.17, 15) is 0 Å². The van der Waals surface area contributed by atoms with Crippen LogP contribution in [0.1, 0.15) is 60.0 Å². The molecule has 3 N–H and O–H groups in total. The van der Waals surface area contributed by atoms with Gasteiger partial charge in [-0.3, -0.25) is 4.90 Å². The Balaban J connectivity index is 1.39. The molecule has 2 aliphatic rings. The van der Waals surface area contributed by atoms with E-state index >= 15 is 0 Å². The average Bonchev–Trinajstić information content (AvgIpc) is 3.11. The second-order valence-electron chi connectivity index (χ2n) is 11.7. The summed E-state index contributed by atoms with van der Waals surface area (Å²) < 4.78 is 0. The fourth-order valence-electron chi connectivity index (χ4n) is 6.46. The first-order valence-corrected chi connectivity index (χ1v) is 15.6. The summed E-state index contributed by atoms with van der Waals surface area (Å²) in [6.07, 6.45) is 13.9. The van der Waals surface area contributed by atoms with Crippen molar-refractivity contribution in [3.8, 4) is 0 Å². The lowest BCUT2D eigenvalue weighted by atomic mass is 9.94. The molecular formula is C40H37N5. The van der Waals surface area contributed by atoms with Crippen LogP contribution in [-0.2, 0) is 0 Å². The molecule has 0 fully saturated rings. The minimum Gasteiger partial charge on any atom is -0.405 e. The van der Waals surface area contributed by atoms with Gasteiger partial charge in [0.2, 0.25) is 0 Å². The number of rotatable bonds is 6. The quantitative estimate of drug-likeness (QED) is 0.154. The van der Waals surface area contributed by atoms with E-state index < -0.39 is 0 Å². The zero-order chi connectivity index (χ0) is 30.8. The van der Waals surface area contributed by atoms with Gasteiger partial charge in [-0.2, -0.15) is 0 Å². The molecule has 1 aromatic heterocycles. The van der Waals surface area contributed by atoms with Gasteiger partial charge >= 0.3 is 0 Å².